The zero-order chi connectivity index (χ0) is 14.8. The van der Waals surface area contributed by atoms with E-state index in [-0.39, 0.29) is 6.79 Å². The molecule has 0 radical (unpaired) electrons. The van der Waals surface area contributed by atoms with Crippen molar-refractivity contribution >= 4 is 17.5 Å². The van der Waals surface area contributed by atoms with Crippen LogP contribution in [0.3, 0.4) is 0 Å². The molecule has 3 rings (SSSR count). The van der Waals surface area contributed by atoms with E-state index in [2.05, 4.69) is 4.90 Å². The average Bonchev–Trinajstić information content (AvgIpc) is 3.01. The van der Waals surface area contributed by atoms with Crippen LogP contribution in [0, 0.1) is 0 Å². The fourth-order valence-corrected chi connectivity index (χ4v) is 2.46. The molecule has 0 aliphatic carbocycles. The third-order valence-electron chi connectivity index (χ3n) is 3.61. The Morgan fingerprint density at radius 3 is 2.52 bits per heavy atom. The van der Waals surface area contributed by atoms with E-state index in [0.717, 1.165) is 17.2 Å². The summed E-state index contributed by atoms with van der Waals surface area (Å²) < 4.78 is 10.6. The Morgan fingerprint density at radius 2 is 1.81 bits per heavy atom. The minimum atomic E-state index is -0.786. The summed E-state index contributed by atoms with van der Waals surface area (Å²) in [5, 5.41) is 0. The van der Waals surface area contributed by atoms with Crippen molar-refractivity contribution in [2.24, 2.45) is 5.84 Å². The van der Waals surface area contributed by atoms with Gasteiger partial charge in [-0.25, -0.2) is 5.84 Å². The second kappa shape index (κ2) is 5.49. The number of carbonyl (C=O) groups excluding carboxylic acids is 2. The number of anilines is 1. The summed E-state index contributed by atoms with van der Waals surface area (Å²) in [7, 11) is 0. The number of hydrogen-bond donors (Lipinski definition) is 2. The second-order valence-electron chi connectivity index (χ2n) is 4.79. The predicted molar refractivity (Wildman–Crippen MR) is 73.7 cm³/mol. The van der Waals surface area contributed by atoms with Gasteiger partial charge < -0.3 is 19.3 Å². The van der Waals surface area contributed by atoms with E-state index in [1.807, 2.05) is 23.6 Å². The number of piperazine rings is 1. The van der Waals surface area contributed by atoms with Gasteiger partial charge in [-0.2, -0.15) is 0 Å². The summed E-state index contributed by atoms with van der Waals surface area (Å²) in [6, 6.07) is 5.75. The summed E-state index contributed by atoms with van der Waals surface area (Å²) in [6.07, 6.45) is 0. The van der Waals surface area contributed by atoms with Gasteiger partial charge in [0.05, 0.1) is 0 Å². The first kappa shape index (κ1) is 13.5. The molecule has 8 nitrogen and oxygen atoms in total. The van der Waals surface area contributed by atoms with E-state index in [4.69, 9.17) is 15.3 Å². The van der Waals surface area contributed by atoms with Gasteiger partial charge in [0.25, 0.3) is 0 Å². The fraction of sp³-hybridized carbons (Fsp3) is 0.385. The molecule has 21 heavy (non-hydrogen) atoms. The Labute approximate surface area is 121 Å². The molecule has 2 amide bonds. The maximum atomic E-state index is 11.7. The molecule has 0 spiro atoms. The first-order valence-corrected chi connectivity index (χ1v) is 6.63. The molecule has 1 aromatic rings. The van der Waals surface area contributed by atoms with E-state index < -0.39 is 11.8 Å². The largest absolute Gasteiger partial charge is 0.454 e. The summed E-state index contributed by atoms with van der Waals surface area (Å²) in [5.74, 6) is 5.06. The molecule has 2 heterocycles. The van der Waals surface area contributed by atoms with E-state index in [0.29, 0.717) is 26.2 Å². The average molecular weight is 292 g/mol. The number of hydrazine groups is 1. The minimum absolute atomic E-state index is 0.245. The van der Waals surface area contributed by atoms with Crippen molar-refractivity contribution in [1.82, 2.24) is 10.3 Å². The number of ether oxygens (including phenoxy) is 2. The Kier molecular flexibility index (Phi) is 3.53. The summed E-state index contributed by atoms with van der Waals surface area (Å²) in [6.45, 7) is 2.48. The van der Waals surface area contributed by atoms with E-state index >= 15 is 0 Å². The first-order chi connectivity index (χ1) is 10.2. The number of hydrogen-bond acceptors (Lipinski definition) is 6. The number of nitrogens with two attached hydrogens (primary N) is 1. The number of nitrogens with zero attached hydrogens (tertiary/aromatic N) is 2. The van der Waals surface area contributed by atoms with Crippen LogP contribution in [-0.2, 0) is 9.59 Å². The minimum Gasteiger partial charge on any atom is -0.454 e. The third kappa shape index (κ3) is 2.57. The standard InChI is InChI=1S/C13H16N4O4/c14-15-12(18)13(19)17-5-3-16(4-6-17)9-1-2-10-11(7-9)21-8-20-10/h1-2,7H,3-6,8,14H2,(H,15,18). The van der Waals surface area contributed by atoms with E-state index in [1.165, 1.54) is 4.90 Å². The van der Waals surface area contributed by atoms with Gasteiger partial charge in [0.1, 0.15) is 0 Å². The number of amides is 2. The topological polar surface area (TPSA) is 97.1 Å². The van der Waals surface area contributed by atoms with Crippen LogP contribution in [0.5, 0.6) is 11.5 Å². The van der Waals surface area contributed by atoms with Crippen molar-refractivity contribution in [2.75, 3.05) is 37.9 Å². The highest BCUT2D eigenvalue weighted by Gasteiger charge is 2.26. The lowest BCUT2D eigenvalue weighted by Gasteiger charge is -2.35. The summed E-state index contributed by atoms with van der Waals surface area (Å²) >= 11 is 0. The maximum Gasteiger partial charge on any atom is 0.323 e. The van der Waals surface area contributed by atoms with Crippen LogP contribution in [0.15, 0.2) is 18.2 Å². The van der Waals surface area contributed by atoms with E-state index in [1.54, 1.807) is 0 Å². The van der Waals surface area contributed by atoms with Crippen LogP contribution in [0.1, 0.15) is 0 Å². The molecule has 0 bridgehead atoms. The Balaban J connectivity index is 1.63. The molecule has 2 aliphatic heterocycles. The molecule has 1 saturated heterocycles. The number of carbonyl (C=O) groups is 2. The molecule has 0 unspecified atom stereocenters. The molecule has 0 aromatic heterocycles. The van der Waals surface area contributed by atoms with Crippen molar-refractivity contribution in [3.05, 3.63) is 18.2 Å². The van der Waals surface area contributed by atoms with Crippen molar-refractivity contribution in [2.45, 2.75) is 0 Å². The first-order valence-electron chi connectivity index (χ1n) is 6.63. The summed E-state index contributed by atoms with van der Waals surface area (Å²) in [4.78, 5) is 26.5. The van der Waals surface area contributed by atoms with Gasteiger partial charge in [-0.05, 0) is 12.1 Å². The van der Waals surface area contributed by atoms with Gasteiger partial charge in [-0.15, -0.1) is 0 Å². The molecule has 1 fully saturated rings. The van der Waals surface area contributed by atoms with Gasteiger partial charge in [0, 0.05) is 37.9 Å². The molecule has 0 saturated carbocycles. The Morgan fingerprint density at radius 1 is 1.10 bits per heavy atom. The van der Waals surface area contributed by atoms with Gasteiger partial charge in [-0.1, -0.05) is 0 Å². The monoisotopic (exact) mass is 292 g/mol. The van der Waals surface area contributed by atoms with Gasteiger partial charge in [0.2, 0.25) is 6.79 Å². The van der Waals surface area contributed by atoms with Gasteiger partial charge in [0.15, 0.2) is 11.5 Å². The normalized spacial score (nSPS) is 16.8. The summed E-state index contributed by atoms with van der Waals surface area (Å²) in [5.41, 5.74) is 2.87. The number of rotatable bonds is 1. The molecule has 1 aromatic carbocycles. The lowest BCUT2D eigenvalue weighted by atomic mass is 10.2. The lowest BCUT2D eigenvalue weighted by molar-refractivity contribution is -0.146. The van der Waals surface area contributed by atoms with Crippen LogP contribution >= 0.6 is 0 Å². The highest BCUT2D eigenvalue weighted by atomic mass is 16.7. The van der Waals surface area contributed by atoms with Crippen LogP contribution in [0.2, 0.25) is 0 Å². The second-order valence-corrected chi connectivity index (χ2v) is 4.79. The molecule has 3 N–H and O–H groups in total. The Hall–Kier alpha value is -2.48. The van der Waals surface area contributed by atoms with Crippen molar-refractivity contribution in [1.29, 1.82) is 0 Å². The quantitative estimate of drug-likeness (QED) is 0.300. The van der Waals surface area contributed by atoms with Crippen molar-refractivity contribution in [3.8, 4) is 11.5 Å². The molecule has 2 aliphatic rings. The Bertz CT molecular complexity index is 569. The molecule has 8 heteroatoms. The number of fused-ring (bicyclic) bond motifs is 1. The number of nitrogens with one attached hydrogen (secondary N) is 1. The molecule has 112 valence electrons. The van der Waals surface area contributed by atoms with Gasteiger partial charge >= 0.3 is 11.8 Å². The highest BCUT2D eigenvalue weighted by molar-refractivity contribution is 6.34. The van der Waals surface area contributed by atoms with Gasteiger partial charge in [-0.3, -0.25) is 15.0 Å². The van der Waals surface area contributed by atoms with Crippen LogP contribution in [-0.4, -0.2) is 49.7 Å². The zero-order valence-electron chi connectivity index (χ0n) is 11.4. The maximum absolute atomic E-state index is 11.7. The van der Waals surface area contributed by atoms with Crippen molar-refractivity contribution < 1.29 is 19.1 Å². The predicted octanol–water partition coefficient (Wildman–Crippen LogP) is -0.946. The van der Waals surface area contributed by atoms with Crippen LogP contribution in [0.4, 0.5) is 5.69 Å². The number of benzene rings is 1. The molecular formula is C13H16N4O4. The van der Waals surface area contributed by atoms with Crippen molar-refractivity contribution in [3.63, 3.8) is 0 Å². The third-order valence-corrected chi connectivity index (χ3v) is 3.61. The zero-order valence-corrected chi connectivity index (χ0v) is 11.4. The fourth-order valence-electron chi connectivity index (χ4n) is 2.46. The molecule has 0 atom stereocenters. The van der Waals surface area contributed by atoms with Crippen LogP contribution in [0.25, 0.3) is 0 Å². The smallest absolute Gasteiger partial charge is 0.323 e. The highest BCUT2D eigenvalue weighted by Crippen LogP contribution is 2.35. The van der Waals surface area contributed by atoms with Crippen LogP contribution < -0.4 is 25.6 Å². The molecular weight excluding hydrogens is 276 g/mol. The van der Waals surface area contributed by atoms with E-state index in [9.17, 15) is 9.59 Å². The SMILES string of the molecule is NNC(=O)C(=O)N1CCN(c2ccc3c(c2)OCO3)CC1. The lowest BCUT2D eigenvalue weighted by Crippen LogP contribution is -2.53.